The smallest absolute Gasteiger partial charge is 0.286 e. The first kappa shape index (κ1) is 20.2. The van der Waals surface area contributed by atoms with Gasteiger partial charge in [0.05, 0.1) is 11.2 Å². The van der Waals surface area contributed by atoms with Crippen molar-refractivity contribution in [3.63, 3.8) is 0 Å². The molecular formula is C22H16ClF2N7. The van der Waals surface area contributed by atoms with Crippen molar-refractivity contribution in [3.8, 4) is 11.3 Å². The molecule has 7 nitrogen and oxygen atoms in total. The first-order valence-electron chi connectivity index (χ1n) is 9.68. The van der Waals surface area contributed by atoms with Crippen LogP contribution in [0.15, 0.2) is 60.8 Å². The predicted octanol–water partition coefficient (Wildman–Crippen LogP) is 5.27. The van der Waals surface area contributed by atoms with Crippen LogP contribution in [0.1, 0.15) is 12.6 Å². The van der Waals surface area contributed by atoms with E-state index in [0.29, 0.717) is 28.7 Å². The van der Waals surface area contributed by atoms with E-state index < -0.39 is 5.92 Å². The molecule has 1 aromatic carbocycles. The van der Waals surface area contributed by atoms with Crippen LogP contribution in [0.3, 0.4) is 0 Å². The molecule has 0 fully saturated rings. The van der Waals surface area contributed by atoms with Crippen LogP contribution in [0.25, 0.3) is 27.9 Å². The summed E-state index contributed by atoms with van der Waals surface area (Å²) in [6.07, 6.45) is 1.40. The number of rotatable bonds is 4. The van der Waals surface area contributed by atoms with Crippen molar-refractivity contribution in [3.05, 3.63) is 71.8 Å². The number of hydrogen-bond donors (Lipinski definition) is 0. The fraction of sp³-hybridized carbons (Fsp3) is 0.136. The van der Waals surface area contributed by atoms with Gasteiger partial charge in [-0.2, -0.15) is 13.8 Å². The van der Waals surface area contributed by atoms with Gasteiger partial charge < -0.3 is 4.90 Å². The SMILES string of the molecule is CN(c1cccc(-c2ccc(C(C)(F)F)nc2)n1)c1nc2nnc(Cl)n2c2ccccc12. The maximum absolute atomic E-state index is 13.5. The van der Waals surface area contributed by atoms with Crippen LogP contribution in [-0.4, -0.2) is 36.6 Å². The molecule has 0 saturated heterocycles. The number of para-hydroxylation sites is 1. The Bertz CT molecular complexity index is 1440. The molecule has 0 radical (unpaired) electrons. The van der Waals surface area contributed by atoms with E-state index in [1.165, 1.54) is 12.3 Å². The maximum atomic E-state index is 13.5. The Balaban J connectivity index is 1.58. The molecule has 5 rings (SSSR count). The van der Waals surface area contributed by atoms with Gasteiger partial charge in [0.15, 0.2) is 0 Å². The third-order valence-corrected chi connectivity index (χ3v) is 5.35. The van der Waals surface area contributed by atoms with Gasteiger partial charge in [-0.15, -0.1) is 10.2 Å². The molecule has 0 bridgehead atoms. The van der Waals surface area contributed by atoms with Crippen LogP contribution in [0.5, 0.6) is 0 Å². The third-order valence-electron chi connectivity index (χ3n) is 5.10. The zero-order valence-electron chi connectivity index (χ0n) is 17.0. The molecule has 160 valence electrons. The topological polar surface area (TPSA) is 72.1 Å². The summed E-state index contributed by atoms with van der Waals surface area (Å²) in [5, 5.41) is 9.04. The molecule has 0 atom stereocenters. The minimum Gasteiger partial charge on any atom is -0.313 e. The molecule has 0 unspecified atom stereocenters. The van der Waals surface area contributed by atoms with Crippen LogP contribution < -0.4 is 4.90 Å². The van der Waals surface area contributed by atoms with Crippen molar-refractivity contribution >= 4 is 39.9 Å². The number of halogens is 3. The van der Waals surface area contributed by atoms with Crippen molar-refractivity contribution in [2.75, 3.05) is 11.9 Å². The molecule has 0 aliphatic heterocycles. The normalized spacial score (nSPS) is 11.9. The zero-order valence-corrected chi connectivity index (χ0v) is 17.8. The van der Waals surface area contributed by atoms with Crippen molar-refractivity contribution < 1.29 is 8.78 Å². The predicted molar refractivity (Wildman–Crippen MR) is 118 cm³/mol. The van der Waals surface area contributed by atoms with Gasteiger partial charge in [-0.3, -0.25) is 4.98 Å². The standard InChI is InChI=1S/C22H16ClF2N7/c1-22(24,25)17-11-10-13(12-26-17)15-7-5-9-18(27-15)31(2)19-14-6-3-4-8-16(14)32-20(23)29-30-21(32)28-19/h3-12H,1-2H3. The van der Waals surface area contributed by atoms with Crippen LogP contribution in [-0.2, 0) is 5.92 Å². The molecule has 0 amide bonds. The molecular weight excluding hydrogens is 436 g/mol. The molecule has 0 aliphatic rings. The second kappa shape index (κ2) is 7.45. The van der Waals surface area contributed by atoms with E-state index in [1.54, 1.807) is 16.5 Å². The number of pyridine rings is 2. The molecule has 4 heterocycles. The van der Waals surface area contributed by atoms with Gasteiger partial charge in [-0.25, -0.2) is 9.38 Å². The quantitative estimate of drug-likeness (QED) is 0.371. The number of hydrogen-bond acceptors (Lipinski definition) is 6. The summed E-state index contributed by atoms with van der Waals surface area (Å²) >= 11 is 6.20. The van der Waals surface area contributed by atoms with Gasteiger partial charge in [-0.1, -0.05) is 18.2 Å². The number of aromatic nitrogens is 6. The lowest BCUT2D eigenvalue weighted by atomic mass is 10.1. The van der Waals surface area contributed by atoms with E-state index >= 15 is 0 Å². The summed E-state index contributed by atoms with van der Waals surface area (Å²) < 4.78 is 28.6. The first-order chi connectivity index (χ1) is 15.3. The molecule has 0 N–H and O–H groups in total. The monoisotopic (exact) mass is 451 g/mol. The summed E-state index contributed by atoms with van der Waals surface area (Å²) in [6.45, 7) is 0.819. The third kappa shape index (κ3) is 3.40. The Hall–Kier alpha value is -3.72. The van der Waals surface area contributed by atoms with Crippen LogP contribution in [0.2, 0.25) is 5.28 Å². The average Bonchev–Trinajstić information content (AvgIpc) is 3.18. The van der Waals surface area contributed by atoms with Crippen molar-refractivity contribution in [1.82, 2.24) is 29.5 Å². The molecule has 32 heavy (non-hydrogen) atoms. The largest absolute Gasteiger partial charge is 0.313 e. The molecule has 0 spiro atoms. The van der Waals surface area contributed by atoms with E-state index in [0.717, 1.165) is 17.8 Å². The summed E-state index contributed by atoms with van der Waals surface area (Å²) in [7, 11) is 1.84. The van der Waals surface area contributed by atoms with Gasteiger partial charge in [0.2, 0.25) is 5.28 Å². The lowest BCUT2D eigenvalue weighted by Gasteiger charge is -2.20. The number of alkyl halides is 2. The Morgan fingerprint density at radius 3 is 2.53 bits per heavy atom. The lowest BCUT2D eigenvalue weighted by Crippen LogP contribution is -2.14. The highest BCUT2D eigenvalue weighted by Crippen LogP contribution is 2.32. The number of benzene rings is 1. The highest BCUT2D eigenvalue weighted by molar-refractivity contribution is 6.29. The number of nitrogens with zero attached hydrogens (tertiary/aromatic N) is 7. The fourth-order valence-corrected chi connectivity index (χ4v) is 3.69. The molecule has 10 heteroatoms. The van der Waals surface area contributed by atoms with Crippen LogP contribution in [0.4, 0.5) is 20.4 Å². The van der Waals surface area contributed by atoms with Crippen molar-refractivity contribution in [1.29, 1.82) is 0 Å². The highest BCUT2D eigenvalue weighted by atomic mass is 35.5. The van der Waals surface area contributed by atoms with Crippen molar-refractivity contribution in [2.24, 2.45) is 0 Å². The summed E-state index contributed by atoms with van der Waals surface area (Å²) in [6, 6.07) is 16.0. The van der Waals surface area contributed by atoms with Crippen molar-refractivity contribution in [2.45, 2.75) is 12.8 Å². The average molecular weight is 452 g/mol. The van der Waals surface area contributed by atoms with E-state index in [-0.39, 0.29) is 11.0 Å². The first-order valence-corrected chi connectivity index (χ1v) is 10.1. The van der Waals surface area contributed by atoms with E-state index in [9.17, 15) is 8.78 Å². The number of fused-ring (bicyclic) bond motifs is 3. The summed E-state index contributed by atoms with van der Waals surface area (Å²) in [5.41, 5.74) is 1.76. The van der Waals surface area contributed by atoms with Gasteiger partial charge >= 0.3 is 0 Å². The second-order valence-corrected chi connectivity index (χ2v) is 7.66. The Morgan fingerprint density at radius 2 is 1.78 bits per heavy atom. The zero-order chi connectivity index (χ0) is 22.5. The van der Waals surface area contributed by atoms with Crippen LogP contribution >= 0.6 is 11.6 Å². The Morgan fingerprint density at radius 1 is 0.969 bits per heavy atom. The van der Waals surface area contributed by atoms with Gasteiger partial charge in [0.25, 0.3) is 11.7 Å². The lowest BCUT2D eigenvalue weighted by molar-refractivity contribution is 0.0128. The van der Waals surface area contributed by atoms with Crippen LogP contribution in [0, 0.1) is 0 Å². The molecule has 4 aromatic heterocycles. The molecule has 0 aliphatic carbocycles. The van der Waals surface area contributed by atoms with E-state index in [2.05, 4.69) is 20.2 Å². The number of anilines is 2. The highest BCUT2D eigenvalue weighted by Gasteiger charge is 2.25. The van der Waals surface area contributed by atoms with Gasteiger partial charge in [0, 0.05) is 31.1 Å². The molecule has 5 aromatic rings. The maximum Gasteiger partial charge on any atom is 0.286 e. The fourth-order valence-electron chi connectivity index (χ4n) is 3.49. The Labute approximate surface area is 186 Å². The minimum atomic E-state index is -3.00. The second-order valence-electron chi connectivity index (χ2n) is 7.32. The molecule has 0 saturated carbocycles. The minimum absolute atomic E-state index is 0.228. The van der Waals surface area contributed by atoms with Gasteiger partial charge in [0.1, 0.15) is 17.3 Å². The Kier molecular flexibility index (Phi) is 4.70. The van der Waals surface area contributed by atoms with E-state index in [4.69, 9.17) is 16.6 Å². The summed E-state index contributed by atoms with van der Waals surface area (Å²) in [5.74, 6) is -1.39. The van der Waals surface area contributed by atoms with E-state index in [1.807, 2.05) is 48.3 Å². The van der Waals surface area contributed by atoms with Gasteiger partial charge in [-0.05, 0) is 48.0 Å². The summed E-state index contributed by atoms with van der Waals surface area (Å²) in [4.78, 5) is 15.0.